The normalized spacial score (nSPS) is 17.7. The Balaban J connectivity index is 2.01. The fourth-order valence-corrected chi connectivity index (χ4v) is 3.42. The first-order chi connectivity index (χ1) is 11.6. The van der Waals surface area contributed by atoms with Gasteiger partial charge in [-0.05, 0) is 71.9 Å². The van der Waals surface area contributed by atoms with E-state index in [1.807, 2.05) is 0 Å². The summed E-state index contributed by atoms with van der Waals surface area (Å²) < 4.78 is 12.5. The molecule has 1 aromatic carbocycles. The summed E-state index contributed by atoms with van der Waals surface area (Å²) >= 11 is 0. The van der Waals surface area contributed by atoms with E-state index in [2.05, 4.69) is 71.1 Å². The van der Waals surface area contributed by atoms with Gasteiger partial charge in [0.15, 0.2) is 0 Å². The Kier molecular flexibility index (Phi) is 6.93. The van der Waals surface area contributed by atoms with Gasteiger partial charge in [0.1, 0.15) is 18.5 Å². The molecule has 0 aliphatic heterocycles. The molecule has 1 unspecified atom stereocenters. The molecule has 1 fully saturated rings. The lowest BCUT2D eigenvalue weighted by molar-refractivity contribution is -0.0761. The maximum Gasteiger partial charge on any atom is 0.122 e. The quantitative estimate of drug-likeness (QED) is 0.726. The van der Waals surface area contributed by atoms with Crippen molar-refractivity contribution in [3.63, 3.8) is 0 Å². The van der Waals surface area contributed by atoms with Gasteiger partial charge in [0.2, 0.25) is 0 Å². The highest BCUT2D eigenvalue weighted by molar-refractivity contribution is 5.36. The predicted molar refractivity (Wildman–Crippen MR) is 106 cm³/mol. The standard InChI is InChI=1S/C22H37NO2/c1-21(2,3)23-15-18(25-22(4,5)6)16-24-20-14-10-9-13-19(20)17-11-7-8-12-17/h9-10,13-14,17-18,23H,7-8,11-12,15-16H2,1-6H3. The summed E-state index contributed by atoms with van der Waals surface area (Å²) in [6.45, 7) is 14.2. The van der Waals surface area contributed by atoms with Crippen LogP contribution >= 0.6 is 0 Å². The van der Waals surface area contributed by atoms with Crippen molar-refractivity contribution in [2.24, 2.45) is 0 Å². The highest BCUT2D eigenvalue weighted by atomic mass is 16.5. The lowest BCUT2D eigenvalue weighted by Crippen LogP contribution is -2.45. The molecule has 1 aliphatic rings. The van der Waals surface area contributed by atoms with Gasteiger partial charge in [0.05, 0.1) is 5.60 Å². The summed E-state index contributed by atoms with van der Waals surface area (Å²) in [5.74, 6) is 1.69. The molecule has 0 saturated heterocycles. The summed E-state index contributed by atoms with van der Waals surface area (Å²) in [6.07, 6.45) is 5.27. The molecule has 25 heavy (non-hydrogen) atoms. The average Bonchev–Trinajstić information content (AvgIpc) is 3.02. The lowest BCUT2D eigenvalue weighted by atomic mass is 9.97. The van der Waals surface area contributed by atoms with E-state index in [9.17, 15) is 0 Å². The van der Waals surface area contributed by atoms with Gasteiger partial charge in [-0.1, -0.05) is 31.0 Å². The van der Waals surface area contributed by atoms with Gasteiger partial charge >= 0.3 is 0 Å². The molecular weight excluding hydrogens is 310 g/mol. The Morgan fingerprint density at radius 1 is 1.04 bits per heavy atom. The van der Waals surface area contributed by atoms with Gasteiger partial charge in [0, 0.05) is 12.1 Å². The Bertz CT molecular complexity index is 522. The number of rotatable bonds is 7. The van der Waals surface area contributed by atoms with E-state index in [4.69, 9.17) is 9.47 Å². The predicted octanol–water partition coefficient (Wildman–Crippen LogP) is 5.29. The first-order valence-corrected chi connectivity index (χ1v) is 9.79. The number of benzene rings is 1. The summed E-state index contributed by atoms with van der Waals surface area (Å²) in [6, 6.07) is 8.54. The van der Waals surface area contributed by atoms with Crippen LogP contribution < -0.4 is 10.1 Å². The number of hydrogen-bond acceptors (Lipinski definition) is 3. The van der Waals surface area contributed by atoms with Gasteiger partial charge in [-0.3, -0.25) is 0 Å². The largest absolute Gasteiger partial charge is 0.491 e. The second kappa shape index (κ2) is 8.55. The fourth-order valence-electron chi connectivity index (χ4n) is 3.42. The van der Waals surface area contributed by atoms with E-state index in [0.29, 0.717) is 12.5 Å². The summed E-state index contributed by atoms with van der Waals surface area (Å²) in [4.78, 5) is 0. The topological polar surface area (TPSA) is 30.5 Å². The van der Waals surface area contributed by atoms with Crippen molar-refractivity contribution in [3.8, 4) is 5.75 Å². The van der Waals surface area contributed by atoms with Crippen molar-refractivity contribution < 1.29 is 9.47 Å². The van der Waals surface area contributed by atoms with Gasteiger partial charge in [0.25, 0.3) is 0 Å². The number of para-hydroxylation sites is 1. The third kappa shape index (κ3) is 7.37. The van der Waals surface area contributed by atoms with Crippen molar-refractivity contribution in [1.29, 1.82) is 0 Å². The zero-order valence-corrected chi connectivity index (χ0v) is 17.0. The fraction of sp³-hybridized carbons (Fsp3) is 0.727. The number of nitrogens with one attached hydrogen (secondary N) is 1. The first kappa shape index (κ1) is 20.3. The molecule has 0 heterocycles. The van der Waals surface area contributed by atoms with Crippen molar-refractivity contribution in [1.82, 2.24) is 5.32 Å². The van der Waals surface area contributed by atoms with Crippen LogP contribution in [0.15, 0.2) is 24.3 Å². The van der Waals surface area contributed by atoms with Crippen molar-refractivity contribution in [2.45, 2.75) is 90.4 Å². The molecular formula is C22H37NO2. The van der Waals surface area contributed by atoms with Gasteiger partial charge in [-0.15, -0.1) is 0 Å². The molecule has 1 saturated carbocycles. The molecule has 0 bridgehead atoms. The molecule has 142 valence electrons. The smallest absolute Gasteiger partial charge is 0.122 e. The molecule has 0 aromatic heterocycles. The summed E-state index contributed by atoms with van der Waals surface area (Å²) in [7, 11) is 0. The van der Waals surface area contributed by atoms with E-state index in [-0.39, 0.29) is 17.2 Å². The monoisotopic (exact) mass is 347 g/mol. The Hall–Kier alpha value is -1.06. The van der Waals surface area contributed by atoms with Crippen LogP contribution in [-0.4, -0.2) is 30.4 Å². The minimum absolute atomic E-state index is 0.0239. The second-order valence-electron chi connectivity index (χ2n) is 9.31. The van der Waals surface area contributed by atoms with Crippen molar-refractivity contribution in [2.75, 3.05) is 13.2 Å². The highest BCUT2D eigenvalue weighted by Gasteiger charge is 2.24. The maximum absolute atomic E-state index is 6.26. The van der Waals surface area contributed by atoms with Crippen LogP contribution in [0, 0.1) is 0 Å². The molecule has 1 aromatic rings. The average molecular weight is 348 g/mol. The SMILES string of the molecule is CC(C)(C)NCC(COc1ccccc1C1CCCC1)OC(C)(C)C. The van der Waals surface area contributed by atoms with Crippen LogP contribution in [0.2, 0.25) is 0 Å². The molecule has 3 nitrogen and oxygen atoms in total. The first-order valence-electron chi connectivity index (χ1n) is 9.79. The van der Waals surface area contributed by atoms with Crippen molar-refractivity contribution in [3.05, 3.63) is 29.8 Å². The molecule has 0 radical (unpaired) electrons. The molecule has 2 rings (SSSR count). The number of hydrogen-bond donors (Lipinski definition) is 1. The lowest BCUT2D eigenvalue weighted by Gasteiger charge is -2.31. The summed E-state index contributed by atoms with van der Waals surface area (Å²) in [5.41, 5.74) is 1.26. The molecule has 1 atom stereocenters. The van der Waals surface area contributed by atoms with E-state index in [1.165, 1.54) is 31.2 Å². The van der Waals surface area contributed by atoms with Gasteiger partial charge < -0.3 is 14.8 Å². The highest BCUT2D eigenvalue weighted by Crippen LogP contribution is 2.38. The van der Waals surface area contributed by atoms with E-state index in [1.54, 1.807) is 0 Å². The minimum Gasteiger partial charge on any atom is -0.491 e. The summed E-state index contributed by atoms with van der Waals surface area (Å²) in [5, 5.41) is 3.55. The van der Waals surface area contributed by atoms with Crippen LogP contribution in [0.3, 0.4) is 0 Å². The molecule has 0 spiro atoms. The Labute approximate surface area is 154 Å². The Morgan fingerprint density at radius 2 is 1.68 bits per heavy atom. The van der Waals surface area contributed by atoms with Crippen LogP contribution in [0.1, 0.15) is 78.7 Å². The number of ether oxygens (including phenoxy) is 2. The van der Waals surface area contributed by atoms with E-state index < -0.39 is 0 Å². The minimum atomic E-state index is -0.182. The third-order valence-electron chi connectivity index (χ3n) is 4.52. The molecule has 1 N–H and O–H groups in total. The Morgan fingerprint density at radius 3 is 2.28 bits per heavy atom. The van der Waals surface area contributed by atoms with E-state index >= 15 is 0 Å². The van der Waals surface area contributed by atoms with Crippen LogP contribution in [-0.2, 0) is 4.74 Å². The van der Waals surface area contributed by atoms with Gasteiger partial charge in [-0.2, -0.15) is 0 Å². The van der Waals surface area contributed by atoms with Gasteiger partial charge in [-0.25, -0.2) is 0 Å². The van der Waals surface area contributed by atoms with Crippen LogP contribution in [0.5, 0.6) is 5.75 Å². The molecule has 1 aliphatic carbocycles. The van der Waals surface area contributed by atoms with Crippen LogP contribution in [0.4, 0.5) is 0 Å². The maximum atomic E-state index is 6.26. The molecule has 0 amide bonds. The zero-order valence-electron chi connectivity index (χ0n) is 17.0. The third-order valence-corrected chi connectivity index (χ3v) is 4.52. The van der Waals surface area contributed by atoms with E-state index in [0.717, 1.165) is 12.3 Å². The molecule has 3 heteroatoms. The zero-order chi connectivity index (χ0) is 18.5. The van der Waals surface area contributed by atoms with Crippen molar-refractivity contribution >= 4 is 0 Å². The second-order valence-corrected chi connectivity index (χ2v) is 9.31. The van der Waals surface area contributed by atoms with Crippen LogP contribution in [0.25, 0.3) is 0 Å².